The van der Waals surface area contributed by atoms with Crippen molar-refractivity contribution in [3.8, 4) is 11.1 Å². The lowest BCUT2D eigenvalue weighted by Gasteiger charge is -2.25. The molecule has 0 aliphatic carbocycles. The number of alkyl halides is 6. The minimum Gasteiger partial charge on any atom is -0.375 e. The number of hydrogen-bond acceptors (Lipinski definition) is 5. The molecule has 0 saturated heterocycles. The molecule has 0 amide bonds. The normalized spacial score (nSPS) is 14.2. The van der Waals surface area contributed by atoms with Gasteiger partial charge in [-0.25, -0.2) is 9.97 Å². The van der Waals surface area contributed by atoms with E-state index in [4.69, 9.17) is 0 Å². The van der Waals surface area contributed by atoms with Crippen molar-refractivity contribution in [2.24, 2.45) is 0 Å². The molecule has 0 saturated carbocycles. The monoisotopic (exact) mass is 442 g/mol. The topological polar surface area (TPSA) is 70.9 Å². The molecule has 1 aromatic carbocycles. The number of benzene rings is 1. The van der Waals surface area contributed by atoms with Gasteiger partial charge >= 0.3 is 12.4 Å². The average molecular weight is 442 g/mol. The van der Waals surface area contributed by atoms with Crippen molar-refractivity contribution in [2.45, 2.75) is 31.8 Å². The Hall–Kier alpha value is -3.21. The average Bonchev–Trinajstić information content (AvgIpc) is 2.66. The maximum Gasteiger partial charge on any atom is 0.433 e. The third-order valence-electron chi connectivity index (χ3n) is 4.43. The summed E-state index contributed by atoms with van der Waals surface area (Å²) in [6.45, 7) is 2.34. The fourth-order valence-electron chi connectivity index (χ4n) is 2.73. The molecule has 11 heteroatoms. The first-order valence-corrected chi connectivity index (χ1v) is 8.82. The number of rotatable bonds is 4. The van der Waals surface area contributed by atoms with Gasteiger partial charge in [-0.1, -0.05) is 12.1 Å². The van der Waals surface area contributed by atoms with Gasteiger partial charge in [-0.3, -0.25) is 4.98 Å². The Balaban J connectivity index is 1.90. The molecule has 5 nitrogen and oxygen atoms in total. The number of pyridine rings is 1. The number of aliphatic hydroxyl groups is 1. The van der Waals surface area contributed by atoms with E-state index >= 15 is 0 Å². The molecule has 1 unspecified atom stereocenters. The molecular weight excluding hydrogens is 426 g/mol. The van der Waals surface area contributed by atoms with Crippen LogP contribution in [0, 0.1) is 6.92 Å². The zero-order valence-electron chi connectivity index (χ0n) is 16.2. The Bertz CT molecular complexity index is 1080. The van der Waals surface area contributed by atoms with Crippen molar-refractivity contribution >= 4 is 11.6 Å². The second-order valence-electron chi connectivity index (χ2n) is 6.98. The highest BCUT2D eigenvalue weighted by Crippen LogP contribution is 2.38. The SMILES string of the molecule is Cc1cc(Nc2nccc(C(F)(F)F)n2)cc(-c2ccc(C(C)(O)C(F)(F)F)nc2)c1. The van der Waals surface area contributed by atoms with Gasteiger partial charge in [0.05, 0.1) is 5.69 Å². The molecule has 0 spiro atoms. The Labute approximate surface area is 172 Å². The van der Waals surface area contributed by atoms with E-state index in [0.717, 1.165) is 23.9 Å². The summed E-state index contributed by atoms with van der Waals surface area (Å²) < 4.78 is 77.4. The Morgan fingerprint density at radius 1 is 0.871 bits per heavy atom. The molecule has 0 fully saturated rings. The lowest BCUT2D eigenvalue weighted by atomic mass is 9.98. The van der Waals surface area contributed by atoms with Crippen molar-refractivity contribution in [2.75, 3.05) is 5.32 Å². The van der Waals surface area contributed by atoms with Gasteiger partial charge in [-0.15, -0.1) is 0 Å². The molecule has 31 heavy (non-hydrogen) atoms. The summed E-state index contributed by atoms with van der Waals surface area (Å²) in [4.78, 5) is 10.9. The van der Waals surface area contributed by atoms with E-state index in [1.54, 1.807) is 25.1 Å². The third kappa shape index (κ3) is 4.93. The first kappa shape index (κ1) is 22.5. The number of nitrogens with one attached hydrogen (secondary N) is 1. The van der Waals surface area contributed by atoms with Crippen LogP contribution in [0.15, 0.2) is 48.8 Å². The van der Waals surface area contributed by atoms with Crippen LogP contribution in [0.1, 0.15) is 23.9 Å². The molecule has 3 rings (SSSR count). The summed E-state index contributed by atoms with van der Waals surface area (Å²) in [5, 5.41) is 12.4. The van der Waals surface area contributed by atoms with Gasteiger partial charge in [-0.05, 0) is 49.2 Å². The quantitative estimate of drug-likeness (QED) is 0.531. The highest BCUT2D eigenvalue weighted by molar-refractivity contribution is 5.70. The van der Waals surface area contributed by atoms with Gasteiger partial charge in [0.15, 0.2) is 5.60 Å². The number of aryl methyl sites for hydroxylation is 1. The maximum absolute atomic E-state index is 13.0. The second kappa shape index (κ2) is 7.80. The third-order valence-corrected chi connectivity index (χ3v) is 4.43. The van der Waals surface area contributed by atoms with E-state index in [1.807, 2.05) is 0 Å². The van der Waals surface area contributed by atoms with Crippen LogP contribution in [0.3, 0.4) is 0 Å². The van der Waals surface area contributed by atoms with E-state index in [-0.39, 0.29) is 5.95 Å². The Morgan fingerprint density at radius 3 is 2.16 bits per heavy atom. The largest absolute Gasteiger partial charge is 0.433 e. The molecule has 164 valence electrons. The van der Waals surface area contributed by atoms with Crippen LogP contribution in [0.4, 0.5) is 38.0 Å². The molecule has 2 aromatic heterocycles. The Morgan fingerprint density at radius 2 is 1.58 bits per heavy atom. The lowest BCUT2D eigenvalue weighted by molar-refractivity contribution is -0.260. The molecule has 2 N–H and O–H groups in total. The fourth-order valence-corrected chi connectivity index (χ4v) is 2.73. The molecule has 0 aliphatic heterocycles. The van der Waals surface area contributed by atoms with Gasteiger partial charge < -0.3 is 10.4 Å². The van der Waals surface area contributed by atoms with Crippen LogP contribution in [0.5, 0.6) is 0 Å². The highest BCUT2D eigenvalue weighted by atomic mass is 19.4. The van der Waals surface area contributed by atoms with Crippen LogP contribution in [-0.2, 0) is 11.8 Å². The number of nitrogens with zero attached hydrogens (tertiary/aromatic N) is 3. The summed E-state index contributed by atoms with van der Waals surface area (Å²) in [6, 6.07) is 8.10. The highest BCUT2D eigenvalue weighted by Gasteiger charge is 2.52. The minimum absolute atomic E-state index is 0.263. The Kier molecular flexibility index (Phi) is 5.66. The number of hydrogen-bond donors (Lipinski definition) is 2. The van der Waals surface area contributed by atoms with E-state index in [2.05, 4.69) is 20.3 Å². The molecule has 0 bridgehead atoms. The molecule has 2 heterocycles. The molecule has 1 atom stereocenters. The van der Waals surface area contributed by atoms with Crippen LogP contribution < -0.4 is 5.32 Å². The second-order valence-corrected chi connectivity index (χ2v) is 6.98. The van der Waals surface area contributed by atoms with Gasteiger partial charge in [0.25, 0.3) is 0 Å². The van der Waals surface area contributed by atoms with Gasteiger partial charge in [0.2, 0.25) is 5.95 Å². The zero-order valence-corrected chi connectivity index (χ0v) is 16.2. The van der Waals surface area contributed by atoms with Crippen molar-refractivity contribution in [3.63, 3.8) is 0 Å². The smallest absolute Gasteiger partial charge is 0.375 e. The van der Waals surface area contributed by atoms with E-state index in [9.17, 15) is 31.4 Å². The van der Waals surface area contributed by atoms with E-state index in [1.165, 1.54) is 12.3 Å². The van der Waals surface area contributed by atoms with Gasteiger partial charge in [-0.2, -0.15) is 26.3 Å². The van der Waals surface area contributed by atoms with Crippen molar-refractivity contribution in [1.29, 1.82) is 0 Å². The van der Waals surface area contributed by atoms with Gasteiger partial charge in [0, 0.05) is 23.6 Å². The maximum atomic E-state index is 13.0. The predicted octanol–water partition coefficient (Wildman–Crippen LogP) is 5.38. The fraction of sp³-hybridized carbons (Fsp3) is 0.250. The molecular formula is C20H16F6N4O. The van der Waals surface area contributed by atoms with Crippen molar-refractivity contribution < 1.29 is 31.4 Å². The van der Waals surface area contributed by atoms with Crippen LogP contribution >= 0.6 is 0 Å². The van der Waals surface area contributed by atoms with E-state index < -0.39 is 29.3 Å². The van der Waals surface area contributed by atoms with Crippen molar-refractivity contribution in [3.05, 3.63) is 65.7 Å². The number of anilines is 2. The lowest BCUT2D eigenvalue weighted by Crippen LogP contribution is -2.39. The summed E-state index contributed by atoms with van der Waals surface area (Å²) in [7, 11) is 0. The molecule has 0 radical (unpaired) electrons. The summed E-state index contributed by atoms with van der Waals surface area (Å²) in [6.07, 6.45) is -7.37. The predicted molar refractivity (Wildman–Crippen MR) is 100 cm³/mol. The zero-order chi connectivity index (χ0) is 23.0. The summed E-state index contributed by atoms with van der Waals surface area (Å²) >= 11 is 0. The van der Waals surface area contributed by atoms with Crippen LogP contribution in [0.25, 0.3) is 11.1 Å². The van der Waals surface area contributed by atoms with Crippen molar-refractivity contribution in [1.82, 2.24) is 15.0 Å². The van der Waals surface area contributed by atoms with Crippen LogP contribution in [0.2, 0.25) is 0 Å². The minimum atomic E-state index is -4.90. The standard InChI is InChI=1S/C20H16F6N4O/c1-11-7-13(12-3-4-15(28-10-12)18(2,31)20(24,25)26)9-14(8-11)29-17-27-6-5-16(30-17)19(21,22)23/h3-10,31H,1-2H3,(H,27,29,30). The first-order chi connectivity index (χ1) is 14.3. The summed E-state index contributed by atoms with van der Waals surface area (Å²) in [5.41, 5.74) is -2.69. The molecule has 0 aliphatic rings. The van der Waals surface area contributed by atoms with Gasteiger partial charge in [0.1, 0.15) is 5.69 Å². The number of halogens is 6. The van der Waals surface area contributed by atoms with E-state index in [0.29, 0.717) is 23.7 Å². The molecule has 3 aromatic rings. The number of aromatic nitrogens is 3. The van der Waals surface area contributed by atoms with Crippen LogP contribution in [-0.4, -0.2) is 26.2 Å². The summed E-state index contributed by atoms with van der Waals surface area (Å²) in [5.74, 6) is -0.263. The first-order valence-electron chi connectivity index (χ1n) is 8.82.